The molecule has 0 spiro atoms. The van der Waals surface area contributed by atoms with E-state index in [0.717, 1.165) is 31.3 Å². The molecule has 0 saturated carbocycles. The molecule has 0 saturated heterocycles. The number of H-pyrrole nitrogens is 1. The number of ether oxygens (including phenoxy) is 1. The summed E-state index contributed by atoms with van der Waals surface area (Å²) >= 11 is 6.95. The van der Waals surface area contributed by atoms with Crippen LogP contribution in [0.4, 0.5) is 0 Å². The Kier molecular flexibility index (Phi) is 3.14. The Hall–Kier alpha value is -1.26. The lowest BCUT2D eigenvalue weighted by atomic mass is 10.2. The molecule has 2 aromatic carbocycles. The van der Waals surface area contributed by atoms with Crippen LogP contribution >= 0.6 is 31.9 Å². The molecule has 0 atom stereocenters. The Morgan fingerprint density at radius 2 is 1.78 bits per heavy atom. The van der Waals surface area contributed by atoms with Gasteiger partial charge in [-0.3, -0.25) is 0 Å². The van der Waals surface area contributed by atoms with E-state index in [1.54, 1.807) is 0 Å². The predicted molar refractivity (Wildman–Crippen MR) is 80.2 cm³/mol. The highest BCUT2D eigenvalue weighted by Crippen LogP contribution is 2.34. The van der Waals surface area contributed by atoms with Crippen LogP contribution in [0.15, 0.2) is 57.6 Å². The van der Waals surface area contributed by atoms with Gasteiger partial charge in [0.1, 0.15) is 5.75 Å². The lowest BCUT2D eigenvalue weighted by molar-refractivity contribution is 0.485. The van der Waals surface area contributed by atoms with Gasteiger partial charge in [-0.25, -0.2) is 0 Å². The zero-order valence-corrected chi connectivity index (χ0v) is 12.5. The van der Waals surface area contributed by atoms with Gasteiger partial charge in [0.25, 0.3) is 0 Å². The summed E-state index contributed by atoms with van der Waals surface area (Å²) < 4.78 is 7.89. The van der Waals surface area contributed by atoms with Crippen LogP contribution in [-0.2, 0) is 0 Å². The molecule has 1 heterocycles. The van der Waals surface area contributed by atoms with Crippen molar-refractivity contribution in [2.75, 3.05) is 0 Å². The first-order valence-corrected chi connectivity index (χ1v) is 7.01. The number of halogens is 2. The molecule has 0 bridgehead atoms. The summed E-state index contributed by atoms with van der Waals surface area (Å²) in [5.41, 5.74) is 1.06. The summed E-state index contributed by atoms with van der Waals surface area (Å²) in [7, 11) is 0. The van der Waals surface area contributed by atoms with Crippen molar-refractivity contribution in [3.05, 3.63) is 57.6 Å². The van der Waals surface area contributed by atoms with Gasteiger partial charge in [-0.1, -0.05) is 28.1 Å². The van der Waals surface area contributed by atoms with Gasteiger partial charge in [0.2, 0.25) is 0 Å². The van der Waals surface area contributed by atoms with E-state index in [1.807, 2.05) is 48.7 Å². The normalized spacial score (nSPS) is 10.8. The second-order valence-electron chi connectivity index (χ2n) is 3.88. The average molecular weight is 367 g/mol. The molecule has 0 amide bonds. The van der Waals surface area contributed by atoms with Crippen molar-refractivity contribution in [1.82, 2.24) is 4.98 Å². The van der Waals surface area contributed by atoms with Crippen LogP contribution in [0.3, 0.4) is 0 Å². The van der Waals surface area contributed by atoms with Crippen molar-refractivity contribution < 1.29 is 4.74 Å². The number of benzene rings is 2. The zero-order chi connectivity index (χ0) is 12.5. The fourth-order valence-electron chi connectivity index (χ4n) is 1.80. The smallest absolute Gasteiger partial charge is 0.152 e. The standard InChI is InChI=1S/C14H9Br2NO/c15-9-5-6-12-10(7-9)14(8-17-12)18-13-4-2-1-3-11(13)16/h1-8,17H. The minimum atomic E-state index is 0.804. The lowest BCUT2D eigenvalue weighted by Crippen LogP contribution is -1.83. The molecule has 90 valence electrons. The maximum Gasteiger partial charge on any atom is 0.152 e. The predicted octanol–water partition coefficient (Wildman–Crippen LogP) is 5.49. The van der Waals surface area contributed by atoms with Gasteiger partial charge in [-0.2, -0.15) is 0 Å². The SMILES string of the molecule is Brc1ccc2[nH]cc(Oc3ccccc3Br)c2c1. The molecule has 0 aliphatic carbocycles. The van der Waals surface area contributed by atoms with E-state index in [4.69, 9.17) is 4.74 Å². The molecule has 4 heteroatoms. The number of nitrogens with one attached hydrogen (secondary N) is 1. The molecule has 0 aliphatic heterocycles. The molecule has 3 rings (SSSR count). The average Bonchev–Trinajstić information content (AvgIpc) is 2.75. The molecule has 0 unspecified atom stereocenters. The van der Waals surface area contributed by atoms with Gasteiger partial charge >= 0.3 is 0 Å². The van der Waals surface area contributed by atoms with Crippen molar-refractivity contribution in [2.24, 2.45) is 0 Å². The van der Waals surface area contributed by atoms with Gasteiger partial charge in [-0.05, 0) is 46.3 Å². The molecule has 2 nitrogen and oxygen atoms in total. The Morgan fingerprint density at radius 3 is 2.61 bits per heavy atom. The second kappa shape index (κ2) is 4.78. The largest absolute Gasteiger partial charge is 0.454 e. The van der Waals surface area contributed by atoms with E-state index < -0.39 is 0 Å². The summed E-state index contributed by atoms with van der Waals surface area (Å²) in [6.45, 7) is 0. The minimum Gasteiger partial charge on any atom is -0.454 e. The van der Waals surface area contributed by atoms with Gasteiger partial charge in [0.15, 0.2) is 5.75 Å². The van der Waals surface area contributed by atoms with Gasteiger partial charge in [-0.15, -0.1) is 0 Å². The Labute approximate surface area is 121 Å². The summed E-state index contributed by atoms with van der Waals surface area (Å²) in [6, 6.07) is 13.9. The molecular formula is C14H9Br2NO. The van der Waals surface area contributed by atoms with Crippen LogP contribution in [0, 0.1) is 0 Å². The van der Waals surface area contributed by atoms with E-state index in [-0.39, 0.29) is 0 Å². The van der Waals surface area contributed by atoms with Crippen molar-refractivity contribution in [2.45, 2.75) is 0 Å². The number of aromatic amines is 1. The summed E-state index contributed by atoms with van der Waals surface area (Å²) in [4.78, 5) is 3.19. The van der Waals surface area contributed by atoms with Crippen LogP contribution in [0.25, 0.3) is 10.9 Å². The quantitative estimate of drug-likeness (QED) is 0.637. The molecule has 18 heavy (non-hydrogen) atoms. The van der Waals surface area contributed by atoms with Crippen LogP contribution in [0.1, 0.15) is 0 Å². The summed E-state index contributed by atoms with van der Waals surface area (Å²) in [5, 5.41) is 1.06. The monoisotopic (exact) mass is 365 g/mol. The molecular weight excluding hydrogens is 358 g/mol. The molecule has 3 aromatic rings. The van der Waals surface area contributed by atoms with E-state index >= 15 is 0 Å². The molecule has 1 N–H and O–H groups in total. The number of fused-ring (bicyclic) bond motifs is 1. The summed E-state index contributed by atoms with van der Waals surface area (Å²) in [5.74, 6) is 1.62. The first-order chi connectivity index (χ1) is 8.74. The van der Waals surface area contributed by atoms with Crippen LogP contribution < -0.4 is 4.74 Å². The maximum atomic E-state index is 5.92. The molecule has 1 aromatic heterocycles. The highest BCUT2D eigenvalue weighted by Gasteiger charge is 2.08. The van der Waals surface area contributed by atoms with Gasteiger partial charge in [0, 0.05) is 21.6 Å². The highest BCUT2D eigenvalue weighted by molar-refractivity contribution is 9.10. The topological polar surface area (TPSA) is 25.0 Å². The Balaban J connectivity index is 2.05. The highest BCUT2D eigenvalue weighted by atomic mass is 79.9. The van der Waals surface area contributed by atoms with Gasteiger partial charge in [0.05, 0.1) is 4.47 Å². The Bertz CT molecular complexity index is 706. The van der Waals surface area contributed by atoms with Crippen molar-refractivity contribution in [1.29, 1.82) is 0 Å². The van der Waals surface area contributed by atoms with Crippen LogP contribution in [-0.4, -0.2) is 4.98 Å². The van der Waals surface area contributed by atoms with Crippen LogP contribution in [0.5, 0.6) is 11.5 Å². The molecule has 0 radical (unpaired) electrons. The Morgan fingerprint density at radius 1 is 0.944 bits per heavy atom. The molecule has 0 aliphatic rings. The second-order valence-corrected chi connectivity index (χ2v) is 5.65. The summed E-state index contributed by atoms with van der Waals surface area (Å²) in [6.07, 6.45) is 1.87. The molecule has 0 fully saturated rings. The van der Waals surface area contributed by atoms with Crippen LogP contribution in [0.2, 0.25) is 0 Å². The fraction of sp³-hybridized carbons (Fsp3) is 0. The third-order valence-electron chi connectivity index (χ3n) is 2.66. The van der Waals surface area contributed by atoms with Crippen molar-refractivity contribution in [3.8, 4) is 11.5 Å². The minimum absolute atomic E-state index is 0.804. The third-order valence-corrected chi connectivity index (χ3v) is 3.81. The number of para-hydroxylation sites is 1. The van der Waals surface area contributed by atoms with E-state index in [2.05, 4.69) is 36.8 Å². The van der Waals surface area contributed by atoms with E-state index in [1.165, 1.54) is 0 Å². The fourth-order valence-corrected chi connectivity index (χ4v) is 2.52. The third kappa shape index (κ3) is 2.18. The van der Waals surface area contributed by atoms with E-state index in [0.29, 0.717) is 0 Å². The lowest BCUT2D eigenvalue weighted by Gasteiger charge is -2.06. The maximum absolute atomic E-state index is 5.92. The zero-order valence-electron chi connectivity index (χ0n) is 9.28. The van der Waals surface area contributed by atoms with Crippen molar-refractivity contribution >= 4 is 42.8 Å². The number of rotatable bonds is 2. The number of hydrogen-bond acceptors (Lipinski definition) is 1. The number of aromatic nitrogens is 1. The first kappa shape index (κ1) is 11.8. The van der Waals surface area contributed by atoms with Crippen molar-refractivity contribution in [3.63, 3.8) is 0 Å². The first-order valence-electron chi connectivity index (χ1n) is 5.43. The van der Waals surface area contributed by atoms with E-state index in [9.17, 15) is 0 Å². The number of hydrogen-bond donors (Lipinski definition) is 1. The van der Waals surface area contributed by atoms with Gasteiger partial charge < -0.3 is 9.72 Å².